The Balaban J connectivity index is 1.51. The summed E-state index contributed by atoms with van der Waals surface area (Å²) >= 11 is 2.81. The second-order valence-electron chi connectivity index (χ2n) is 6.92. The highest BCUT2D eigenvalue weighted by Gasteiger charge is 2.35. The molecule has 1 heterocycles. The van der Waals surface area contributed by atoms with Gasteiger partial charge in [-0.1, -0.05) is 49.8 Å². The maximum absolute atomic E-state index is 12.2. The van der Waals surface area contributed by atoms with Gasteiger partial charge in [0.1, 0.15) is 0 Å². The standard InChI is InChI=1S/C17H26N4O2S2/c1-3-15(23)21(12-8-9-12)16-19-20-17(25-16)24-10-14(22)18-13-7-5-4-6-11(13)2/h11-13H,3-10H2,1-2H3,(H,18,22)/t11-,13+/m1/s1. The Kier molecular flexibility index (Phi) is 6.33. The van der Waals surface area contributed by atoms with Crippen molar-refractivity contribution >= 4 is 40.0 Å². The summed E-state index contributed by atoms with van der Waals surface area (Å²) in [5.41, 5.74) is 0. The lowest BCUT2D eigenvalue weighted by atomic mass is 9.86. The van der Waals surface area contributed by atoms with Gasteiger partial charge in [0.2, 0.25) is 16.9 Å². The van der Waals surface area contributed by atoms with E-state index in [2.05, 4.69) is 22.4 Å². The lowest BCUT2D eigenvalue weighted by molar-refractivity contribution is -0.120. The van der Waals surface area contributed by atoms with Gasteiger partial charge in [0, 0.05) is 18.5 Å². The van der Waals surface area contributed by atoms with Gasteiger partial charge in [0.25, 0.3) is 0 Å². The number of hydrogen-bond donors (Lipinski definition) is 1. The van der Waals surface area contributed by atoms with Gasteiger partial charge >= 0.3 is 0 Å². The van der Waals surface area contributed by atoms with Crippen molar-refractivity contribution in [1.82, 2.24) is 15.5 Å². The number of carbonyl (C=O) groups is 2. The van der Waals surface area contributed by atoms with E-state index in [-0.39, 0.29) is 17.9 Å². The lowest BCUT2D eigenvalue weighted by Crippen LogP contribution is -2.41. The van der Waals surface area contributed by atoms with Crippen LogP contribution >= 0.6 is 23.1 Å². The zero-order chi connectivity index (χ0) is 17.8. The Morgan fingerprint density at radius 2 is 2.00 bits per heavy atom. The third-order valence-electron chi connectivity index (χ3n) is 4.87. The summed E-state index contributed by atoms with van der Waals surface area (Å²) in [6, 6.07) is 0.591. The highest BCUT2D eigenvalue weighted by atomic mass is 32.2. The third-order valence-corrected chi connectivity index (χ3v) is 6.93. The number of carbonyl (C=O) groups excluding carboxylic acids is 2. The predicted molar refractivity (Wildman–Crippen MR) is 101 cm³/mol. The fourth-order valence-electron chi connectivity index (χ4n) is 3.23. The zero-order valence-corrected chi connectivity index (χ0v) is 16.5. The Morgan fingerprint density at radius 1 is 1.24 bits per heavy atom. The molecule has 138 valence electrons. The molecule has 0 saturated heterocycles. The molecule has 2 aliphatic rings. The highest BCUT2D eigenvalue weighted by molar-refractivity contribution is 8.01. The van der Waals surface area contributed by atoms with Crippen molar-refractivity contribution in [1.29, 1.82) is 0 Å². The molecule has 2 aliphatic carbocycles. The average molecular weight is 383 g/mol. The molecule has 1 N–H and O–H groups in total. The predicted octanol–water partition coefficient (Wildman–Crippen LogP) is 3.23. The van der Waals surface area contributed by atoms with E-state index in [1.807, 2.05) is 6.92 Å². The highest BCUT2D eigenvalue weighted by Crippen LogP contribution is 2.36. The SMILES string of the molecule is CCC(=O)N(c1nnc(SCC(=O)N[C@H]2CCCC[C@H]2C)s1)C1CC1. The minimum atomic E-state index is 0.0594. The molecule has 0 aromatic carbocycles. The number of aromatic nitrogens is 2. The summed E-state index contributed by atoms with van der Waals surface area (Å²) in [6.07, 6.45) is 7.29. The quantitative estimate of drug-likeness (QED) is 0.579. The maximum atomic E-state index is 12.2. The summed E-state index contributed by atoms with van der Waals surface area (Å²) in [5, 5.41) is 12.1. The van der Waals surface area contributed by atoms with Crippen LogP contribution in [0.15, 0.2) is 4.34 Å². The molecule has 3 rings (SSSR count). The second kappa shape index (κ2) is 8.49. The lowest BCUT2D eigenvalue weighted by Gasteiger charge is -2.29. The van der Waals surface area contributed by atoms with Gasteiger partial charge in [0.15, 0.2) is 4.34 Å². The second-order valence-corrected chi connectivity index (χ2v) is 9.10. The number of nitrogens with one attached hydrogen (secondary N) is 1. The van der Waals surface area contributed by atoms with Crippen LogP contribution < -0.4 is 10.2 Å². The fraction of sp³-hybridized carbons (Fsp3) is 0.765. The average Bonchev–Trinajstić information content (AvgIpc) is 3.33. The van der Waals surface area contributed by atoms with Gasteiger partial charge in [0.05, 0.1) is 5.75 Å². The molecule has 0 aliphatic heterocycles. The molecule has 25 heavy (non-hydrogen) atoms. The Morgan fingerprint density at radius 3 is 2.68 bits per heavy atom. The van der Waals surface area contributed by atoms with E-state index in [4.69, 9.17) is 0 Å². The Bertz CT molecular complexity index is 618. The summed E-state index contributed by atoms with van der Waals surface area (Å²) in [7, 11) is 0. The van der Waals surface area contributed by atoms with Crippen molar-refractivity contribution in [3.63, 3.8) is 0 Å². The van der Waals surface area contributed by atoms with E-state index in [0.717, 1.165) is 23.6 Å². The van der Waals surface area contributed by atoms with Crippen molar-refractivity contribution in [3.8, 4) is 0 Å². The smallest absolute Gasteiger partial charge is 0.230 e. The molecule has 2 atom stereocenters. The van der Waals surface area contributed by atoms with Crippen molar-refractivity contribution in [2.45, 2.75) is 75.2 Å². The topological polar surface area (TPSA) is 75.2 Å². The third kappa shape index (κ3) is 4.94. The van der Waals surface area contributed by atoms with Crippen LogP contribution in [0.5, 0.6) is 0 Å². The molecule has 0 unspecified atom stereocenters. The first-order chi connectivity index (χ1) is 12.1. The number of nitrogens with zero attached hydrogens (tertiary/aromatic N) is 3. The van der Waals surface area contributed by atoms with Crippen LogP contribution in [-0.4, -0.2) is 39.8 Å². The van der Waals surface area contributed by atoms with Crippen LogP contribution in [0.25, 0.3) is 0 Å². The molecule has 1 aromatic rings. The Labute approximate surface area is 157 Å². The number of amides is 2. The van der Waals surface area contributed by atoms with Crippen LogP contribution in [0.1, 0.15) is 58.8 Å². The van der Waals surface area contributed by atoms with Crippen LogP contribution in [0, 0.1) is 5.92 Å². The Hall–Kier alpha value is -1.15. The summed E-state index contributed by atoms with van der Waals surface area (Å²) in [5.74, 6) is 1.06. The van der Waals surface area contributed by atoms with Gasteiger partial charge in [-0.3, -0.25) is 14.5 Å². The van der Waals surface area contributed by atoms with Crippen molar-refractivity contribution in [3.05, 3.63) is 0 Å². The first-order valence-corrected chi connectivity index (χ1v) is 11.0. The molecule has 0 bridgehead atoms. The van der Waals surface area contributed by atoms with E-state index in [9.17, 15) is 9.59 Å². The number of hydrogen-bond acceptors (Lipinski definition) is 6. The van der Waals surface area contributed by atoms with Gasteiger partial charge in [-0.25, -0.2) is 0 Å². The van der Waals surface area contributed by atoms with E-state index in [1.165, 1.54) is 42.4 Å². The molecular formula is C17H26N4O2S2. The van der Waals surface area contributed by atoms with E-state index in [0.29, 0.717) is 29.3 Å². The molecule has 1 aromatic heterocycles. The van der Waals surface area contributed by atoms with Gasteiger partial charge in [-0.05, 0) is 31.6 Å². The van der Waals surface area contributed by atoms with Crippen molar-refractivity contribution in [2.75, 3.05) is 10.7 Å². The normalized spacial score (nSPS) is 23.3. The van der Waals surface area contributed by atoms with Crippen molar-refractivity contribution in [2.24, 2.45) is 5.92 Å². The molecule has 0 spiro atoms. The summed E-state index contributed by atoms with van der Waals surface area (Å²) in [6.45, 7) is 4.08. The van der Waals surface area contributed by atoms with E-state index < -0.39 is 0 Å². The van der Waals surface area contributed by atoms with Crippen LogP contribution in [0.3, 0.4) is 0 Å². The minimum absolute atomic E-state index is 0.0594. The first-order valence-electron chi connectivity index (χ1n) is 9.16. The first kappa shape index (κ1) is 18.6. The van der Waals surface area contributed by atoms with Gasteiger partial charge in [-0.15, -0.1) is 10.2 Å². The molecule has 6 nitrogen and oxygen atoms in total. The summed E-state index contributed by atoms with van der Waals surface area (Å²) in [4.78, 5) is 26.1. The van der Waals surface area contributed by atoms with Gasteiger partial charge < -0.3 is 5.32 Å². The largest absolute Gasteiger partial charge is 0.352 e. The van der Waals surface area contributed by atoms with Crippen LogP contribution in [-0.2, 0) is 9.59 Å². The monoisotopic (exact) mass is 382 g/mol. The van der Waals surface area contributed by atoms with Crippen LogP contribution in [0.2, 0.25) is 0 Å². The molecule has 0 radical (unpaired) electrons. The maximum Gasteiger partial charge on any atom is 0.230 e. The summed E-state index contributed by atoms with van der Waals surface area (Å²) < 4.78 is 0.747. The van der Waals surface area contributed by atoms with Crippen molar-refractivity contribution < 1.29 is 9.59 Å². The fourth-order valence-corrected chi connectivity index (χ4v) is 4.98. The minimum Gasteiger partial charge on any atom is -0.352 e. The number of anilines is 1. The van der Waals surface area contributed by atoms with E-state index >= 15 is 0 Å². The molecule has 8 heteroatoms. The molecule has 2 fully saturated rings. The molecule has 2 amide bonds. The van der Waals surface area contributed by atoms with Crippen LogP contribution in [0.4, 0.5) is 5.13 Å². The number of rotatable bonds is 7. The molecular weight excluding hydrogens is 356 g/mol. The zero-order valence-electron chi connectivity index (χ0n) is 14.9. The number of thioether (sulfide) groups is 1. The molecule has 2 saturated carbocycles. The van der Waals surface area contributed by atoms with Gasteiger partial charge in [-0.2, -0.15) is 0 Å². The van der Waals surface area contributed by atoms with E-state index in [1.54, 1.807) is 4.90 Å².